The maximum absolute atomic E-state index is 13.6. The zero-order valence-electron chi connectivity index (χ0n) is 23.7. The number of halogens is 6. The number of anilines is 1. The molecule has 0 saturated carbocycles. The summed E-state index contributed by atoms with van der Waals surface area (Å²) in [5.74, 6) is 5.26. The fourth-order valence-corrected chi connectivity index (χ4v) is 5.59. The standard InChI is InChI=1S/C28H29F6N3O4SSi/c1-25(2,3)43(4,5)41-14-6-7-19-15-20(26(38,27(29,30)31)28(32,33)34)16-37-24(19)18-8-10-21(11-9-18)42(39,40)22-12-13-23(35)36-17-22/h8-13,15-17,38H,14H2,1-5H3,(H2,35,36). The third kappa shape index (κ3) is 6.87. The second-order valence-corrected chi connectivity index (χ2v) is 17.9. The lowest BCUT2D eigenvalue weighted by atomic mass is 9.91. The number of sulfone groups is 1. The van der Waals surface area contributed by atoms with Gasteiger partial charge in [-0.25, -0.2) is 13.4 Å². The predicted octanol–water partition coefficient (Wildman–Crippen LogP) is 6.24. The third-order valence-electron chi connectivity index (χ3n) is 7.17. The Morgan fingerprint density at radius 3 is 1.95 bits per heavy atom. The Balaban J connectivity index is 2.12. The molecule has 0 spiro atoms. The number of hydrogen-bond donors (Lipinski definition) is 2. The molecule has 43 heavy (non-hydrogen) atoms. The van der Waals surface area contributed by atoms with Gasteiger partial charge in [0, 0.05) is 23.5 Å². The number of nitrogens with two attached hydrogens (primary N) is 1. The van der Waals surface area contributed by atoms with E-state index in [0.29, 0.717) is 6.07 Å². The predicted molar refractivity (Wildman–Crippen MR) is 150 cm³/mol. The average molecular weight is 646 g/mol. The Bertz CT molecular complexity index is 1630. The van der Waals surface area contributed by atoms with Crippen LogP contribution in [0.15, 0.2) is 64.6 Å². The first-order valence-corrected chi connectivity index (χ1v) is 17.0. The molecule has 1 aromatic carbocycles. The molecule has 2 heterocycles. The summed E-state index contributed by atoms with van der Waals surface area (Å²) in [4.78, 5) is 7.24. The maximum Gasteiger partial charge on any atom is 0.430 e. The quantitative estimate of drug-likeness (QED) is 0.185. The van der Waals surface area contributed by atoms with Crippen molar-refractivity contribution in [3.63, 3.8) is 0 Å². The first kappa shape index (κ1) is 34.0. The molecule has 0 radical (unpaired) electrons. The fraction of sp³-hybridized carbons (Fsp3) is 0.357. The van der Waals surface area contributed by atoms with Crippen molar-refractivity contribution in [1.82, 2.24) is 9.97 Å². The lowest BCUT2D eigenvalue weighted by Gasteiger charge is -2.35. The summed E-state index contributed by atoms with van der Waals surface area (Å²) < 4.78 is 113. The zero-order chi connectivity index (χ0) is 32.6. The zero-order valence-corrected chi connectivity index (χ0v) is 25.5. The Labute approximate surface area is 246 Å². The molecule has 0 bridgehead atoms. The van der Waals surface area contributed by atoms with Crippen molar-refractivity contribution < 1.29 is 44.3 Å². The van der Waals surface area contributed by atoms with Gasteiger partial charge in [0.25, 0.3) is 5.60 Å². The van der Waals surface area contributed by atoms with Crippen molar-refractivity contribution in [3.05, 3.63) is 66.0 Å². The summed E-state index contributed by atoms with van der Waals surface area (Å²) in [7, 11) is -6.32. The van der Waals surface area contributed by atoms with Crippen LogP contribution in [0.5, 0.6) is 0 Å². The van der Waals surface area contributed by atoms with E-state index in [1.54, 1.807) is 0 Å². The molecule has 232 valence electrons. The molecule has 3 N–H and O–H groups in total. The number of nitrogens with zero attached hydrogens (tertiary/aromatic N) is 2. The van der Waals surface area contributed by atoms with Crippen LogP contribution in [-0.2, 0) is 19.9 Å². The van der Waals surface area contributed by atoms with E-state index in [9.17, 15) is 39.9 Å². The number of nitrogen functional groups attached to an aromatic ring is 1. The van der Waals surface area contributed by atoms with Crippen LogP contribution in [0.3, 0.4) is 0 Å². The number of aliphatic hydroxyl groups is 1. The minimum absolute atomic E-state index is 0.107. The van der Waals surface area contributed by atoms with Gasteiger partial charge in [-0.2, -0.15) is 26.3 Å². The highest BCUT2D eigenvalue weighted by Crippen LogP contribution is 2.50. The van der Waals surface area contributed by atoms with Crippen LogP contribution in [0.2, 0.25) is 18.1 Å². The van der Waals surface area contributed by atoms with Crippen LogP contribution in [0.1, 0.15) is 31.9 Å². The van der Waals surface area contributed by atoms with E-state index in [1.807, 2.05) is 33.9 Å². The van der Waals surface area contributed by atoms with E-state index in [-0.39, 0.29) is 50.3 Å². The van der Waals surface area contributed by atoms with Crippen molar-refractivity contribution >= 4 is 24.0 Å². The second-order valence-electron chi connectivity index (χ2n) is 11.1. The van der Waals surface area contributed by atoms with E-state index >= 15 is 0 Å². The smallest absolute Gasteiger partial charge is 0.406 e. The Morgan fingerprint density at radius 1 is 0.907 bits per heavy atom. The van der Waals surface area contributed by atoms with Gasteiger partial charge in [0.2, 0.25) is 9.84 Å². The van der Waals surface area contributed by atoms with E-state index in [4.69, 9.17) is 10.2 Å². The van der Waals surface area contributed by atoms with Crippen molar-refractivity contribution in [2.75, 3.05) is 12.3 Å². The molecule has 0 amide bonds. The number of benzene rings is 1. The van der Waals surface area contributed by atoms with Crippen LogP contribution < -0.4 is 5.73 Å². The largest absolute Gasteiger partial charge is 0.430 e. The van der Waals surface area contributed by atoms with Gasteiger partial charge in [0.1, 0.15) is 5.82 Å². The summed E-state index contributed by atoms with van der Waals surface area (Å²) >= 11 is 0. The molecule has 0 saturated heterocycles. The summed E-state index contributed by atoms with van der Waals surface area (Å²) in [6, 6.07) is 7.95. The first-order valence-electron chi connectivity index (χ1n) is 12.6. The summed E-state index contributed by atoms with van der Waals surface area (Å²) in [6.45, 7) is 9.62. The SMILES string of the molecule is CC(C)(C)[Si](C)(C)OCC#Cc1cc(C(O)(C(F)(F)F)C(F)(F)F)cnc1-c1ccc(S(=O)(=O)c2ccc(N)nc2)cc1. The summed E-state index contributed by atoms with van der Waals surface area (Å²) in [5, 5.41) is 9.73. The molecular formula is C28H29F6N3O4SSi. The molecule has 7 nitrogen and oxygen atoms in total. The van der Waals surface area contributed by atoms with Crippen molar-refractivity contribution in [2.45, 2.75) is 66.6 Å². The summed E-state index contributed by atoms with van der Waals surface area (Å²) in [6.07, 6.45) is -10.9. The molecule has 0 aliphatic rings. The number of alkyl halides is 6. The third-order valence-corrected chi connectivity index (χ3v) is 13.4. The molecule has 0 fully saturated rings. The van der Waals surface area contributed by atoms with Crippen LogP contribution in [0, 0.1) is 11.8 Å². The van der Waals surface area contributed by atoms with Gasteiger partial charge in [-0.05, 0) is 48.5 Å². The monoisotopic (exact) mass is 645 g/mol. The van der Waals surface area contributed by atoms with Crippen LogP contribution >= 0.6 is 0 Å². The Kier molecular flexibility index (Phi) is 9.16. The fourth-order valence-electron chi connectivity index (χ4n) is 3.52. The van der Waals surface area contributed by atoms with Gasteiger partial charge in [0.05, 0.1) is 27.7 Å². The average Bonchev–Trinajstić information content (AvgIpc) is 2.89. The van der Waals surface area contributed by atoms with Gasteiger partial charge in [-0.15, -0.1) is 0 Å². The second kappa shape index (κ2) is 11.6. The van der Waals surface area contributed by atoms with E-state index in [2.05, 4.69) is 21.8 Å². The molecule has 0 aliphatic carbocycles. The van der Waals surface area contributed by atoms with Gasteiger partial charge in [-0.1, -0.05) is 44.7 Å². The molecule has 3 aromatic rings. The number of pyridine rings is 2. The molecule has 0 aliphatic heterocycles. The van der Waals surface area contributed by atoms with Crippen LogP contribution in [0.4, 0.5) is 32.2 Å². The minimum atomic E-state index is -6.13. The molecular weight excluding hydrogens is 616 g/mol. The highest BCUT2D eigenvalue weighted by atomic mass is 32.2. The van der Waals surface area contributed by atoms with Gasteiger partial charge in [-0.3, -0.25) is 4.98 Å². The molecule has 3 rings (SSSR count). The molecule has 15 heteroatoms. The number of aromatic nitrogens is 2. The van der Waals surface area contributed by atoms with Crippen molar-refractivity contribution in [2.24, 2.45) is 0 Å². The van der Waals surface area contributed by atoms with Gasteiger partial charge < -0.3 is 15.3 Å². The maximum atomic E-state index is 13.6. The van der Waals surface area contributed by atoms with Crippen LogP contribution in [-0.4, -0.2) is 50.8 Å². The van der Waals surface area contributed by atoms with Crippen LogP contribution in [0.25, 0.3) is 11.3 Å². The summed E-state index contributed by atoms with van der Waals surface area (Å²) in [5.41, 5.74) is -1.68. The molecule has 0 atom stereocenters. The van der Waals surface area contributed by atoms with Crippen molar-refractivity contribution in [3.8, 4) is 23.1 Å². The number of rotatable bonds is 6. The Morgan fingerprint density at radius 2 is 1.47 bits per heavy atom. The lowest BCUT2D eigenvalue weighted by molar-refractivity contribution is -0.376. The highest BCUT2D eigenvalue weighted by Gasteiger charge is 2.71. The van der Waals surface area contributed by atoms with E-state index in [0.717, 1.165) is 6.20 Å². The minimum Gasteiger partial charge on any atom is -0.406 e. The van der Waals surface area contributed by atoms with Gasteiger partial charge in [0.15, 0.2) is 8.32 Å². The highest BCUT2D eigenvalue weighted by molar-refractivity contribution is 7.91. The lowest BCUT2D eigenvalue weighted by Crippen LogP contribution is -2.54. The van der Waals surface area contributed by atoms with E-state index < -0.39 is 41.7 Å². The van der Waals surface area contributed by atoms with Gasteiger partial charge >= 0.3 is 12.4 Å². The topological polar surface area (TPSA) is 115 Å². The van der Waals surface area contributed by atoms with Crippen molar-refractivity contribution in [1.29, 1.82) is 0 Å². The number of hydrogen-bond acceptors (Lipinski definition) is 7. The molecule has 0 unspecified atom stereocenters. The normalized spacial score (nSPS) is 13.4. The Hall–Kier alpha value is -3.45. The molecule has 2 aromatic heterocycles. The first-order chi connectivity index (χ1) is 19.5. The van der Waals surface area contributed by atoms with E-state index in [1.165, 1.54) is 36.4 Å².